The van der Waals surface area contributed by atoms with Gasteiger partial charge in [-0.05, 0) is 64.6 Å². The van der Waals surface area contributed by atoms with Crippen LogP contribution in [0.1, 0.15) is 26.3 Å². The number of rotatable bonds is 7. The van der Waals surface area contributed by atoms with Crippen molar-refractivity contribution in [1.29, 1.82) is 0 Å². The minimum absolute atomic E-state index is 0.0256. The molecule has 226 valence electrons. The number of hydrogen-bond acceptors (Lipinski definition) is 6. The number of ether oxygens (including phenoxy) is 1. The molecule has 0 radical (unpaired) electrons. The standard InChI is InChI=1S/C38H31N5O3/c1-38(2,3)27-17-19-40-37(22-27)42-33-12-8-7-11-30(33)31-15-14-28(23-34(31)42)46-29-18-20-39-36(24-29)41-32-16-13-26(21-35(32)43(44)45)25-9-5-4-6-10-25/h4-24H,1-3H3,(H,39,41). The summed E-state index contributed by atoms with van der Waals surface area (Å²) in [4.78, 5) is 20.7. The first-order valence-electron chi connectivity index (χ1n) is 15.0. The van der Waals surface area contributed by atoms with Crippen molar-refractivity contribution >= 4 is 39.0 Å². The SMILES string of the molecule is CC(C)(C)c1ccnc(-n2c3ccccc3c3ccc(Oc4ccnc(Nc5ccc(-c6ccccc6)cc5[N+](=O)[O-])c4)cc32)c1. The van der Waals surface area contributed by atoms with Gasteiger partial charge in [0.15, 0.2) is 0 Å². The molecular weight excluding hydrogens is 574 g/mol. The van der Waals surface area contributed by atoms with Gasteiger partial charge in [-0.3, -0.25) is 14.7 Å². The molecule has 0 aliphatic carbocycles. The smallest absolute Gasteiger partial charge is 0.293 e. The zero-order valence-corrected chi connectivity index (χ0v) is 25.6. The van der Waals surface area contributed by atoms with E-state index < -0.39 is 4.92 Å². The second kappa shape index (κ2) is 11.5. The third kappa shape index (κ3) is 5.52. The number of fused-ring (bicyclic) bond motifs is 3. The number of aromatic nitrogens is 3. The second-order valence-electron chi connectivity index (χ2n) is 12.1. The fourth-order valence-corrected chi connectivity index (χ4v) is 5.68. The van der Waals surface area contributed by atoms with E-state index in [1.54, 1.807) is 30.5 Å². The van der Waals surface area contributed by atoms with Gasteiger partial charge >= 0.3 is 0 Å². The molecule has 8 nitrogen and oxygen atoms in total. The summed E-state index contributed by atoms with van der Waals surface area (Å²) in [5.41, 5.74) is 5.16. The highest BCUT2D eigenvalue weighted by Crippen LogP contribution is 2.37. The summed E-state index contributed by atoms with van der Waals surface area (Å²) in [5.74, 6) is 2.44. The number of nitro benzene ring substituents is 1. The van der Waals surface area contributed by atoms with Gasteiger partial charge in [-0.2, -0.15) is 0 Å². The van der Waals surface area contributed by atoms with Gasteiger partial charge in [-0.1, -0.05) is 75.4 Å². The number of anilines is 2. The van der Waals surface area contributed by atoms with Crippen molar-refractivity contribution < 1.29 is 9.66 Å². The van der Waals surface area contributed by atoms with Crippen LogP contribution in [0.2, 0.25) is 0 Å². The molecule has 8 heteroatoms. The average Bonchev–Trinajstić information content (AvgIpc) is 3.39. The number of hydrogen-bond donors (Lipinski definition) is 1. The molecule has 0 saturated carbocycles. The highest BCUT2D eigenvalue weighted by Gasteiger charge is 2.19. The molecule has 0 aliphatic rings. The van der Waals surface area contributed by atoms with Gasteiger partial charge in [0.2, 0.25) is 0 Å². The monoisotopic (exact) mass is 605 g/mol. The molecule has 3 aromatic heterocycles. The predicted octanol–water partition coefficient (Wildman–Crippen LogP) is 9.98. The minimum Gasteiger partial charge on any atom is -0.457 e. The van der Waals surface area contributed by atoms with Crippen LogP contribution in [0.25, 0.3) is 38.8 Å². The summed E-state index contributed by atoms with van der Waals surface area (Å²) in [6, 6.07) is 36.7. The minimum atomic E-state index is -0.393. The van der Waals surface area contributed by atoms with E-state index in [2.05, 4.69) is 66.0 Å². The van der Waals surface area contributed by atoms with Crippen LogP contribution in [0, 0.1) is 10.1 Å². The lowest BCUT2D eigenvalue weighted by Crippen LogP contribution is -2.12. The molecule has 7 aromatic rings. The summed E-state index contributed by atoms with van der Waals surface area (Å²) >= 11 is 0. The zero-order chi connectivity index (χ0) is 31.8. The van der Waals surface area contributed by atoms with E-state index in [9.17, 15) is 10.1 Å². The largest absolute Gasteiger partial charge is 0.457 e. The molecule has 7 rings (SSSR count). The second-order valence-corrected chi connectivity index (χ2v) is 12.1. The number of pyridine rings is 2. The van der Waals surface area contributed by atoms with Crippen molar-refractivity contribution in [3.8, 4) is 28.4 Å². The molecule has 0 atom stereocenters. The average molecular weight is 606 g/mol. The topological polar surface area (TPSA) is 95.1 Å². The van der Waals surface area contributed by atoms with Crippen molar-refractivity contribution in [2.45, 2.75) is 26.2 Å². The summed E-state index contributed by atoms with van der Waals surface area (Å²) in [5, 5.41) is 17.3. The molecule has 4 aromatic carbocycles. The lowest BCUT2D eigenvalue weighted by atomic mass is 9.88. The molecule has 0 bridgehead atoms. The van der Waals surface area contributed by atoms with Crippen LogP contribution in [0.5, 0.6) is 11.5 Å². The van der Waals surface area contributed by atoms with Gasteiger partial charge in [-0.25, -0.2) is 9.97 Å². The molecule has 0 fully saturated rings. The predicted molar refractivity (Wildman–Crippen MR) is 183 cm³/mol. The van der Waals surface area contributed by atoms with Crippen LogP contribution < -0.4 is 10.1 Å². The maximum atomic E-state index is 12.0. The molecule has 3 heterocycles. The number of nitrogens with one attached hydrogen (secondary N) is 1. The molecule has 0 unspecified atom stereocenters. The number of nitro groups is 1. The molecule has 0 saturated heterocycles. The van der Waals surface area contributed by atoms with Crippen molar-refractivity contribution in [2.24, 2.45) is 0 Å². The van der Waals surface area contributed by atoms with Gasteiger partial charge < -0.3 is 10.1 Å². The fourth-order valence-electron chi connectivity index (χ4n) is 5.68. The molecule has 46 heavy (non-hydrogen) atoms. The van der Waals surface area contributed by atoms with Crippen LogP contribution in [0.3, 0.4) is 0 Å². The Morgan fingerprint density at radius 1 is 0.717 bits per heavy atom. The Morgan fingerprint density at radius 3 is 2.26 bits per heavy atom. The Morgan fingerprint density at radius 2 is 1.46 bits per heavy atom. The summed E-state index contributed by atoms with van der Waals surface area (Å²) in [6.45, 7) is 6.58. The van der Waals surface area contributed by atoms with Gasteiger partial charge in [0.1, 0.15) is 28.8 Å². The maximum Gasteiger partial charge on any atom is 0.293 e. The first-order chi connectivity index (χ1) is 22.2. The van der Waals surface area contributed by atoms with Crippen LogP contribution >= 0.6 is 0 Å². The quantitative estimate of drug-likeness (QED) is 0.143. The number of nitrogens with zero attached hydrogens (tertiary/aromatic N) is 4. The van der Waals surface area contributed by atoms with Crippen LogP contribution in [0.15, 0.2) is 128 Å². The third-order valence-electron chi connectivity index (χ3n) is 8.02. The fraction of sp³-hybridized carbons (Fsp3) is 0.105. The summed E-state index contributed by atoms with van der Waals surface area (Å²) < 4.78 is 8.51. The van der Waals surface area contributed by atoms with Crippen molar-refractivity contribution in [3.05, 3.63) is 143 Å². The normalized spacial score (nSPS) is 11.5. The summed E-state index contributed by atoms with van der Waals surface area (Å²) in [7, 11) is 0. The number of para-hydroxylation sites is 1. The van der Waals surface area contributed by atoms with Gasteiger partial charge in [0, 0.05) is 41.4 Å². The van der Waals surface area contributed by atoms with E-state index in [1.807, 2.05) is 66.9 Å². The lowest BCUT2D eigenvalue weighted by Gasteiger charge is -2.20. The Kier molecular flexibility index (Phi) is 7.17. The molecule has 0 aliphatic heterocycles. The number of benzene rings is 4. The highest BCUT2D eigenvalue weighted by molar-refractivity contribution is 6.09. The molecule has 0 amide bonds. The van der Waals surface area contributed by atoms with E-state index in [0.29, 0.717) is 23.0 Å². The van der Waals surface area contributed by atoms with Crippen LogP contribution in [0.4, 0.5) is 17.2 Å². The highest BCUT2D eigenvalue weighted by atomic mass is 16.6. The Bertz CT molecular complexity index is 2240. The van der Waals surface area contributed by atoms with Gasteiger partial charge in [-0.15, -0.1) is 0 Å². The van der Waals surface area contributed by atoms with E-state index in [4.69, 9.17) is 9.72 Å². The van der Waals surface area contributed by atoms with Gasteiger partial charge in [0.05, 0.1) is 16.0 Å². The molecule has 0 spiro atoms. The van der Waals surface area contributed by atoms with E-state index in [0.717, 1.165) is 38.8 Å². The molecule has 1 N–H and O–H groups in total. The first kappa shape index (κ1) is 28.7. The van der Waals surface area contributed by atoms with Crippen molar-refractivity contribution in [2.75, 3.05) is 5.32 Å². The van der Waals surface area contributed by atoms with E-state index in [1.165, 1.54) is 5.56 Å². The van der Waals surface area contributed by atoms with Crippen LogP contribution in [-0.2, 0) is 5.41 Å². The maximum absolute atomic E-state index is 12.0. The van der Waals surface area contributed by atoms with Crippen LogP contribution in [-0.4, -0.2) is 19.5 Å². The van der Waals surface area contributed by atoms with Crippen molar-refractivity contribution in [3.63, 3.8) is 0 Å². The van der Waals surface area contributed by atoms with Crippen molar-refractivity contribution in [1.82, 2.24) is 14.5 Å². The summed E-state index contributed by atoms with van der Waals surface area (Å²) in [6.07, 6.45) is 3.47. The van der Waals surface area contributed by atoms with Gasteiger partial charge in [0.25, 0.3) is 5.69 Å². The Hall–Kier alpha value is -6.02. The zero-order valence-electron chi connectivity index (χ0n) is 25.6. The lowest BCUT2D eigenvalue weighted by molar-refractivity contribution is -0.383. The first-order valence-corrected chi connectivity index (χ1v) is 15.0. The molecular formula is C38H31N5O3. The van der Waals surface area contributed by atoms with E-state index >= 15 is 0 Å². The Balaban J connectivity index is 1.22. The third-order valence-corrected chi connectivity index (χ3v) is 8.02. The van der Waals surface area contributed by atoms with E-state index in [-0.39, 0.29) is 11.1 Å². The Labute approximate surface area is 266 Å².